The first-order chi connectivity index (χ1) is 13.8. The van der Waals surface area contributed by atoms with Gasteiger partial charge in [0, 0.05) is 40.1 Å². The number of aromatic nitrogens is 1. The van der Waals surface area contributed by atoms with Gasteiger partial charge in [0.2, 0.25) is 0 Å². The van der Waals surface area contributed by atoms with Crippen LogP contribution in [0.3, 0.4) is 0 Å². The molecule has 3 N–H and O–H groups in total. The van der Waals surface area contributed by atoms with E-state index in [1.165, 1.54) is 21.4 Å². The highest BCUT2D eigenvalue weighted by atomic mass is 32.1. The summed E-state index contributed by atoms with van der Waals surface area (Å²) in [5, 5.41) is 10.8. The largest absolute Gasteiger partial charge is 0.361 e. The molecule has 3 nitrogen and oxygen atoms in total. The number of thiophene rings is 1. The molecule has 0 unspecified atom stereocenters. The number of aromatic amines is 1. The van der Waals surface area contributed by atoms with Gasteiger partial charge in [-0.05, 0) is 53.3 Å². The van der Waals surface area contributed by atoms with Crippen molar-refractivity contribution in [1.82, 2.24) is 10.3 Å². The standard InChI is InChI=1S/C23H23N3S2/c1-2-16-8-3-5-10-20(16)26-23(27)25-15-19(22-12-7-13-28-22)18-14-24-21-11-6-4-9-17(18)21/h3-14,19,24H,2,15H2,1H3,(H2,25,26,27)/t19-/m1/s1. The Morgan fingerprint density at radius 2 is 1.89 bits per heavy atom. The van der Waals surface area contributed by atoms with Crippen molar-refractivity contribution in [2.45, 2.75) is 19.3 Å². The fourth-order valence-electron chi connectivity index (χ4n) is 3.55. The van der Waals surface area contributed by atoms with E-state index in [4.69, 9.17) is 12.2 Å². The summed E-state index contributed by atoms with van der Waals surface area (Å²) < 4.78 is 0. The smallest absolute Gasteiger partial charge is 0.170 e. The lowest BCUT2D eigenvalue weighted by Crippen LogP contribution is -2.32. The highest BCUT2D eigenvalue weighted by Gasteiger charge is 2.19. The van der Waals surface area contributed by atoms with Crippen molar-refractivity contribution in [2.75, 3.05) is 11.9 Å². The van der Waals surface area contributed by atoms with E-state index in [2.05, 4.69) is 88.7 Å². The summed E-state index contributed by atoms with van der Waals surface area (Å²) in [7, 11) is 0. The predicted octanol–water partition coefficient (Wildman–Crippen LogP) is 5.91. The number of thiocarbonyl (C=S) groups is 1. The van der Waals surface area contributed by atoms with Crippen molar-refractivity contribution in [1.29, 1.82) is 0 Å². The van der Waals surface area contributed by atoms with Gasteiger partial charge < -0.3 is 15.6 Å². The Bertz CT molecular complexity index is 1070. The van der Waals surface area contributed by atoms with E-state index in [1.54, 1.807) is 11.3 Å². The molecule has 4 aromatic rings. The van der Waals surface area contributed by atoms with E-state index in [-0.39, 0.29) is 5.92 Å². The van der Waals surface area contributed by atoms with Crippen LogP contribution in [0.15, 0.2) is 72.2 Å². The number of benzene rings is 2. The highest BCUT2D eigenvalue weighted by molar-refractivity contribution is 7.80. The molecule has 0 aliphatic carbocycles. The average Bonchev–Trinajstić information content (AvgIpc) is 3.39. The fraction of sp³-hybridized carbons (Fsp3) is 0.174. The molecule has 0 radical (unpaired) electrons. The van der Waals surface area contributed by atoms with Crippen LogP contribution in [-0.4, -0.2) is 16.6 Å². The molecular weight excluding hydrogens is 382 g/mol. The van der Waals surface area contributed by atoms with Crippen molar-refractivity contribution >= 4 is 45.3 Å². The predicted molar refractivity (Wildman–Crippen MR) is 125 cm³/mol. The number of fused-ring (bicyclic) bond motifs is 1. The van der Waals surface area contributed by atoms with Crippen LogP contribution in [0.2, 0.25) is 0 Å². The molecule has 2 heterocycles. The molecule has 142 valence electrons. The van der Waals surface area contributed by atoms with Crippen molar-refractivity contribution in [3.8, 4) is 0 Å². The SMILES string of the molecule is CCc1ccccc1NC(=S)NC[C@@H](c1cccs1)c1c[nH]c2ccccc12. The number of nitrogens with one attached hydrogen (secondary N) is 3. The lowest BCUT2D eigenvalue weighted by molar-refractivity contribution is 0.778. The lowest BCUT2D eigenvalue weighted by atomic mass is 9.97. The van der Waals surface area contributed by atoms with Crippen molar-refractivity contribution < 1.29 is 0 Å². The van der Waals surface area contributed by atoms with Crippen LogP contribution in [0.5, 0.6) is 0 Å². The molecule has 28 heavy (non-hydrogen) atoms. The zero-order chi connectivity index (χ0) is 19.3. The molecule has 0 saturated carbocycles. The van der Waals surface area contributed by atoms with E-state index in [9.17, 15) is 0 Å². The van der Waals surface area contributed by atoms with Crippen LogP contribution in [0.1, 0.15) is 28.8 Å². The maximum Gasteiger partial charge on any atom is 0.170 e. The number of rotatable bonds is 6. The molecule has 4 rings (SSSR count). The number of hydrogen-bond donors (Lipinski definition) is 3. The Kier molecular flexibility index (Phi) is 5.74. The Labute approximate surface area is 174 Å². The third kappa shape index (κ3) is 3.96. The molecule has 0 spiro atoms. The van der Waals surface area contributed by atoms with Gasteiger partial charge in [0.05, 0.1) is 0 Å². The number of anilines is 1. The first-order valence-corrected chi connectivity index (χ1v) is 10.8. The van der Waals surface area contributed by atoms with Crippen LogP contribution >= 0.6 is 23.6 Å². The van der Waals surface area contributed by atoms with Gasteiger partial charge >= 0.3 is 0 Å². The number of para-hydroxylation sites is 2. The molecule has 1 atom stereocenters. The number of H-pyrrole nitrogens is 1. The fourth-order valence-corrected chi connectivity index (χ4v) is 4.59. The van der Waals surface area contributed by atoms with E-state index >= 15 is 0 Å². The minimum absolute atomic E-state index is 0.234. The van der Waals surface area contributed by atoms with E-state index in [0.717, 1.165) is 24.2 Å². The van der Waals surface area contributed by atoms with E-state index < -0.39 is 0 Å². The molecule has 0 bridgehead atoms. The molecule has 5 heteroatoms. The summed E-state index contributed by atoms with van der Waals surface area (Å²) in [6.07, 6.45) is 3.10. The molecule has 0 fully saturated rings. The third-order valence-corrected chi connectivity index (χ3v) is 6.23. The van der Waals surface area contributed by atoms with Crippen LogP contribution in [0.4, 0.5) is 5.69 Å². The van der Waals surface area contributed by atoms with Gasteiger partial charge in [-0.3, -0.25) is 0 Å². The van der Waals surface area contributed by atoms with Gasteiger partial charge in [0.25, 0.3) is 0 Å². The second-order valence-corrected chi connectivity index (χ2v) is 8.09. The topological polar surface area (TPSA) is 39.8 Å². The van der Waals surface area contributed by atoms with Gasteiger partial charge in [-0.25, -0.2) is 0 Å². The minimum Gasteiger partial charge on any atom is -0.361 e. The number of hydrogen-bond acceptors (Lipinski definition) is 2. The van der Waals surface area contributed by atoms with Crippen molar-refractivity contribution in [2.24, 2.45) is 0 Å². The summed E-state index contributed by atoms with van der Waals surface area (Å²) in [6.45, 7) is 2.89. The normalized spacial score (nSPS) is 12.0. The van der Waals surface area contributed by atoms with Crippen LogP contribution in [0, 0.1) is 0 Å². The van der Waals surface area contributed by atoms with Gasteiger partial charge in [0.15, 0.2) is 5.11 Å². The van der Waals surface area contributed by atoms with Gasteiger partial charge in [-0.2, -0.15) is 0 Å². The Morgan fingerprint density at radius 1 is 1.07 bits per heavy atom. The first-order valence-electron chi connectivity index (χ1n) is 9.48. The van der Waals surface area contributed by atoms with Crippen molar-refractivity contribution in [3.05, 3.63) is 88.2 Å². The Morgan fingerprint density at radius 3 is 2.71 bits per heavy atom. The summed E-state index contributed by atoms with van der Waals surface area (Å²) in [4.78, 5) is 4.73. The monoisotopic (exact) mass is 405 g/mol. The van der Waals surface area contributed by atoms with Gasteiger partial charge in [0.1, 0.15) is 0 Å². The van der Waals surface area contributed by atoms with Crippen LogP contribution in [0.25, 0.3) is 10.9 Å². The molecule has 0 saturated heterocycles. The number of aryl methyl sites for hydroxylation is 1. The second-order valence-electron chi connectivity index (χ2n) is 6.70. The average molecular weight is 406 g/mol. The summed E-state index contributed by atoms with van der Waals surface area (Å²) >= 11 is 7.37. The lowest BCUT2D eigenvalue weighted by Gasteiger charge is -2.19. The zero-order valence-corrected chi connectivity index (χ0v) is 17.4. The summed E-state index contributed by atoms with van der Waals surface area (Å²) in [5.74, 6) is 0.234. The van der Waals surface area contributed by atoms with Gasteiger partial charge in [-0.15, -0.1) is 11.3 Å². The first kappa shape index (κ1) is 18.7. The Balaban J connectivity index is 1.53. The van der Waals surface area contributed by atoms with E-state index in [1.807, 2.05) is 6.07 Å². The second kappa shape index (κ2) is 8.59. The van der Waals surface area contributed by atoms with Crippen LogP contribution in [-0.2, 0) is 6.42 Å². The van der Waals surface area contributed by atoms with Gasteiger partial charge in [-0.1, -0.05) is 49.4 Å². The minimum atomic E-state index is 0.234. The molecule has 0 amide bonds. The summed E-state index contributed by atoms with van der Waals surface area (Å²) in [6, 6.07) is 21.0. The molecule has 2 aromatic carbocycles. The molecule has 0 aliphatic heterocycles. The summed E-state index contributed by atoms with van der Waals surface area (Å²) in [5.41, 5.74) is 4.79. The maximum absolute atomic E-state index is 5.59. The quantitative estimate of drug-likeness (QED) is 0.349. The van der Waals surface area contributed by atoms with Crippen molar-refractivity contribution in [3.63, 3.8) is 0 Å². The zero-order valence-electron chi connectivity index (χ0n) is 15.7. The van der Waals surface area contributed by atoms with E-state index in [0.29, 0.717) is 5.11 Å². The maximum atomic E-state index is 5.59. The molecule has 2 aromatic heterocycles. The molecular formula is C23H23N3S2. The Hall–Kier alpha value is -2.63. The molecule has 0 aliphatic rings. The van der Waals surface area contributed by atoms with Crippen LogP contribution < -0.4 is 10.6 Å². The highest BCUT2D eigenvalue weighted by Crippen LogP contribution is 2.32. The third-order valence-electron chi connectivity index (χ3n) is 5.00.